The highest BCUT2D eigenvalue weighted by Crippen LogP contribution is 2.26. The minimum atomic E-state index is -3.93. The monoisotopic (exact) mass is 380 g/mol. The summed E-state index contributed by atoms with van der Waals surface area (Å²) in [5.74, 6) is -4.16. The topological polar surface area (TPSA) is 111 Å². The lowest BCUT2D eigenvalue weighted by atomic mass is 10.2. The molecule has 134 valence electrons. The van der Waals surface area contributed by atoms with Crippen molar-refractivity contribution in [3.8, 4) is 11.8 Å². The maximum atomic E-state index is 14.1. The molecule has 3 aromatic rings. The number of nitrogens with one attached hydrogen (secondary N) is 1. The molecule has 2 heterocycles. The van der Waals surface area contributed by atoms with E-state index in [0.717, 1.165) is 0 Å². The summed E-state index contributed by atoms with van der Waals surface area (Å²) in [7, 11) is -3.93. The first-order chi connectivity index (χ1) is 12.2. The Hall–Kier alpha value is -3.21. The van der Waals surface area contributed by atoms with Crippen LogP contribution in [-0.4, -0.2) is 35.5 Å². The smallest absolute Gasteiger partial charge is 0.324 e. The summed E-state index contributed by atoms with van der Waals surface area (Å²) >= 11 is 0. The van der Waals surface area contributed by atoms with E-state index in [9.17, 15) is 22.0 Å². The lowest BCUT2D eigenvalue weighted by Gasteiger charge is -2.08. The van der Waals surface area contributed by atoms with Crippen LogP contribution in [0.5, 0.6) is 11.8 Å². The van der Waals surface area contributed by atoms with Gasteiger partial charge in [-0.2, -0.15) is 4.98 Å². The van der Waals surface area contributed by atoms with Crippen molar-refractivity contribution < 1.29 is 26.7 Å². The molecule has 0 aliphatic carbocycles. The van der Waals surface area contributed by atoms with Crippen molar-refractivity contribution in [1.29, 1.82) is 0 Å². The zero-order valence-corrected chi connectivity index (χ0v) is 13.9. The minimum Gasteiger partial charge on any atom is -0.421 e. The fourth-order valence-electron chi connectivity index (χ4n) is 2.00. The summed E-state index contributed by atoms with van der Waals surface area (Å²) in [5.41, 5.74) is -0.496. The molecule has 0 fully saturated rings. The maximum absolute atomic E-state index is 14.1. The number of fused-ring (bicyclic) bond motifs is 1. The molecule has 1 amide bonds. The fraction of sp³-hybridized carbons (Fsp3) is 0.0667. The summed E-state index contributed by atoms with van der Waals surface area (Å²) in [4.78, 5) is 23.5. The number of carbonyl (C=O) groups is 1. The van der Waals surface area contributed by atoms with Gasteiger partial charge in [0.1, 0.15) is 5.82 Å². The first kappa shape index (κ1) is 17.6. The second-order valence-corrected chi connectivity index (χ2v) is 6.89. The van der Waals surface area contributed by atoms with Crippen molar-refractivity contribution in [3.63, 3.8) is 0 Å². The largest absolute Gasteiger partial charge is 0.421 e. The van der Waals surface area contributed by atoms with Gasteiger partial charge in [-0.15, -0.1) is 0 Å². The lowest BCUT2D eigenvalue weighted by molar-refractivity contribution is 0.0977. The van der Waals surface area contributed by atoms with Gasteiger partial charge >= 0.3 is 6.01 Å². The quantitative estimate of drug-likeness (QED) is 0.734. The molecule has 11 heteroatoms. The molecule has 2 aromatic heterocycles. The number of nitrogens with zero attached hydrogens (tertiary/aromatic N) is 3. The number of aromatic nitrogens is 3. The Morgan fingerprint density at radius 1 is 1.19 bits per heavy atom. The van der Waals surface area contributed by atoms with Crippen LogP contribution in [0.1, 0.15) is 10.4 Å². The molecule has 0 unspecified atom stereocenters. The molecule has 0 bridgehead atoms. The first-order valence-corrected chi connectivity index (χ1v) is 8.89. The predicted octanol–water partition coefficient (Wildman–Crippen LogP) is 1.78. The maximum Gasteiger partial charge on any atom is 0.324 e. The summed E-state index contributed by atoms with van der Waals surface area (Å²) < 4.78 is 56.9. The van der Waals surface area contributed by atoms with Gasteiger partial charge in [-0.25, -0.2) is 31.9 Å². The van der Waals surface area contributed by atoms with E-state index in [2.05, 4.69) is 15.0 Å². The summed E-state index contributed by atoms with van der Waals surface area (Å²) in [6, 6.07) is 4.23. The van der Waals surface area contributed by atoms with E-state index in [-0.39, 0.29) is 6.01 Å². The van der Waals surface area contributed by atoms with Gasteiger partial charge in [-0.1, -0.05) is 0 Å². The van der Waals surface area contributed by atoms with Gasteiger partial charge in [-0.3, -0.25) is 4.79 Å². The third-order valence-electron chi connectivity index (χ3n) is 3.08. The lowest BCUT2D eigenvalue weighted by Crippen LogP contribution is -2.30. The van der Waals surface area contributed by atoms with Gasteiger partial charge in [0.05, 0.1) is 11.8 Å². The molecular weight excluding hydrogens is 370 g/mol. The molecule has 0 aliphatic heterocycles. The number of hydrogen-bond donors (Lipinski definition) is 1. The van der Waals surface area contributed by atoms with Crippen LogP contribution in [-0.2, 0) is 10.0 Å². The molecular formula is C15H10F2N4O4S. The van der Waals surface area contributed by atoms with E-state index in [1.807, 2.05) is 0 Å². The van der Waals surface area contributed by atoms with Gasteiger partial charge in [0.25, 0.3) is 5.91 Å². The van der Waals surface area contributed by atoms with E-state index in [1.54, 1.807) is 16.9 Å². The average molecular weight is 380 g/mol. The molecule has 1 aromatic carbocycles. The van der Waals surface area contributed by atoms with Gasteiger partial charge in [0, 0.05) is 23.8 Å². The molecule has 0 atom stereocenters. The molecule has 0 saturated carbocycles. The van der Waals surface area contributed by atoms with Gasteiger partial charge in [-0.05, 0) is 18.2 Å². The number of ether oxygens (including phenoxy) is 1. The Balaban J connectivity index is 1.91. The number of hydrogen-bond acceptors (Lipinski definition) is 7. The van der Waals surface area contributed by atoms with E-state index in [1.165, 1.54) is 12.4 Å². The molecule has 8 nitrogen and oxygen atoms in total. The second kappa shape index (κ2) is 6.59. The van der Waals surface area contributed by atoms with E-state index in [0.29, 0.717) is 29.4 Å². The molecule has 0 spiro atoms. The molecule has 0 saturated heterocycles. The van der Waals surface area contributed by atoms with Crippen molar-refractivity contribution >= 4 is 27.0 Å². The first-order valence-electron chi connectivity index (χ1n) is 7.00. The number of benzene rings is 1. The Bertz CT molecular complexity index is 1120. The normalized spacial score (nSPS) is 11.3. The highest BCUT2D eigenvalue weighted by molar-refractivity contribution is 7.89. The average Bonchev–Trinajstić information content (AvgIpc) is 2.56. The molecule has 0 aliphatic rings. The van der Waals surface area contributed by atoms with Crippen molar-refractivity contribution in [2.24, 2.45) is 0 Å². The van der Waals surface area contributed by atoms with Crippen molar-refractivity contribution in [2.45, 2.75) is 0 Å². The number of sulfonamides is 1. The highest BCUT2D eigenvalue weighted by Gasteiger charge is 2.20. The molecule has 26 heavy (non-hydrogen) atoms. The molecule has 3 rings (SSSR count). The second-order valence-electron chi connectivity index (χ2n) is 5.14. The van der Waals surface area contributed by atoms with E-state index in [4.69, 9.17) is 4.74 Å². The molecule has 1 N–H and O–H groups in total. The van der Waals surface area contributed by atoms with Crippen LogP contribution in [0, 0.1) is 11.6 Å². The van der Waals surface area contributed by atoms with Crippen LogP contribution in [0.25, 0.3) is 11.0 Å². The predicted molar refractivity (Wildman–Crippen MR) is 86.1 cm³/mol. The van der Waals surface area contributed by atoms with Crippen LogP contribution in [0.4, 0.5) is 8.78 Å². The number of amides is 1. The Kier molecular flexibility index (Phi) is 4.47. The van der Waals surface area contributed by atoms with Gasteiger partial charge < -0.3 is 4.74 Å². The third-order valence-corrected chi connectivity index (χ3v) is 3.63. The third kappa shape index (κ3) is 3.88. The number of pyridine rings is 1. The zero-order chi connectivity index (χ0) is 18.9. The SMILES string of the molecule is CS(=O)(=O)NC(=O)c1cc(F)c(Oc2ncc3cccnc3n2)cc1F. The number of rotatable bonds is 4. The van der Waals surface area contributed by atoms with E-state index < -0.39 is 38.9 Å². The van der Waals surface area contributed by atoms with Crippen LogP contribution in [0.15, 0.2) is 36.7 Å². The highest BCUT2D eigenvalue weighted by atomic mass is 32.2. The van der Waals surface area contributed by atoms with Crippen molar-refractivity contribution in [2.75, 3.05) is 6.26 Å². The number of halogens is 2. The van der Waals surface area contributed by atoms with Gasteiger partial charge in [0.2, 0.25) is 10.0 Å². The summed E-state index contributed by atoms with van der Waals surface area (Å²) in [6.07, 6.45) is 3.60. The zero-order valence-electron chi connectivity index (χ0n) is 13.1. The van der Waals surface area contributed by atoms with Crippen LogP contribution in [0.2, 0.25) is 0 Å². The Morgan fingerprint density at radius 2 is 1.96 bits per heavy atom. The summed E-state index contributed by atoms with van der Waals surface area (Å²) in [6.45, 7) is 0. The van der Waals surface area contributed by atoms with Crippen LogP contribution in [0.3, 0.4) is 0 Å². The summed E-state index contributed by atoms with van der Waals surface area (Å²) in [5, 5.41) is 0.624. The Morgan fingerprint density at radius 3 is 2.69 bits per heavy atom. The van der Waals surface area contributed by atoms with E-state index >= 15 is 0 Å². The minimum absolute atomic E-state index is 0.275. The molecule has 0 radical (unpaired) electrons. The van der Waals surface area contributed by atoms with Crippen molar-refractivity contribution in [1.82, 2.24) is 19.7 Å². The van der Waals surface area contributed by atoms with Gasteiger partial charge in [0.15, 0.2) is 17.2 Å². The van der Waals surface area contributed by atoms with Crippen LogP contribution < -0.4 is 9.46 Å². The Labute approximate surface area is 145 Å². The number of carbonyl (C=O) groups excluding carboxylic acids is 1. The van der Waals surface area contributed by atoms with Crippen molar-refractivity contribution in [3.05, 3.63) is 53.9 Å². The fourth-order valence-corrected chi connectivity index (χ4v) is 2.45. The standard InChI is InChI=1S/C15H10F2N4O4S/c1-26(23,24)21-14(22)9-5-11(17)12(6-10(9)16)25-15-19-7-8-3-2-4-18-13(8)20-15/h2-7H,1H3,(H,21,22). The van der Waals surface area contributed by atoms with Crippen LogP contribution >= 0.6 is 0 Å².